The molecule has 3 heterocycles. The first-order chi connectivity index (χ1) is 18.2. The highest BCUT2D eigenvalue weighted by atomic mass is 16.2. The number of nitrogens with zero attached hydrogens (tertiary/aromatic N) is 5. The summed E-state index contributed by atoms with van der Waals surface area (Å²) in [5.74, 6) is 0.136. The molecule has 0 aliphatic rings. The van der Waals surface area contributed by atoms with E-state index in [2.05, 4.69) is 31.7 Å². The lowest BCUT2D eigenvalue weighted by Gasteiger charge is -2.15. The number of aryl methyl sites for hydroxylation is 1. The number of hydrogen-bond acceptors (Lipinski definition) is 8. The van der Waals surface area contributed by atoms with E-state index in [1.165, 1.54) is 6.20 Å². The Balaban J connectivity index is 1.60. The molecule has 10 heteroatoms. The van der Waals surface area contributed by atoms with E-state index < -0.39 is 5.41 Å². The average molecular weight is 507 g/mol. The lowest BCUT2D eigenvalue weighted by atomic mass is 9.90. The number of carbonyl (C=O) groups is 2. The number of nitrogens with one attached hydrogen (secondary N) is 2. The van der Waals surface area contributed by atoms with Gasteiger partial charge in [-0.15, -0.1) is 0 Å². The molecule has 0 fully saturated rings. The molecule has 2 amide bonds. The van der Waals surface area contributed by atoms with Crippen LogP contribution in [-0.2, 0) is 10.2 Å². The van der Waals surface area contributed by atoms with Crippen molar-refractivity contribution < 1.29 is 9.59 Å². The Kier molecular flexibility index (Phi) is 7.50. The zero-order valence-corrected chi connectivity index (χ0v) is 21.2. The maximum atomic E-state index is 13.0. The molecule has 10 nitrogen and oxygen atoms in total. The molecule has 0 atom stereocenters. The number of pyridine rings is 2. The Morgan fingerprint density at radius 1 is 0.974 bits per heavy atom. The second kappa shape index (κ2) is 10.9. The third-order valence-corrected chi connectivity index (χ3v) is 5.84. The molecule has 0 spiro atoms. The first kappa shape index (κ1) is 26.1. The normalized spacial score (nSPS) is 10.9. The first-order valence-electron chi connectivity index (χ1n) is 11.8. The summed E-state index contributed by atoms with van der Waals surface area (Å²) < 4.78 is 0. The maximum absolute atomic E-state index is 13.0. The third kappa shape index (κ3) is 5.86. The van der Waals surface area contributed by atoms with Crippen LogP contribution >= 0.6 is 0 Å². The Morgan fingerprint density at radius 2 is 1.74 bits per heavy atom. The van der Waals surface area contributed by atoms with E-state index >= 15 is 0 Å². The second-order valence-electron chi connectivity index (χ2n) is 9.10. The van der Waals surface area contributed by atoms with E-state index in [0.717, 1.165) is 11.1 Å². The van der Waals surface area contributed by atoms with Gasteiger partial charge in [0.1, 0.15) is 5.82 Å². The maximum Gasteiger partial charge on any atom is 0.255 e. The summed E-state index contributed by atoms with van der Waals surface area (Å²) >= 11 is 0. The molecule has 0 saturated carbocycles. The lowest BCUT2D eigenvalue weighted by Crippen LogP contribution is -2.22. The van der Waals surface area contributed by atoms with Crippen molar-refractivity contribution in [1.82, 2.24) is 19.9 Å². The molecule has 4 rings (SSSR count). The van der Waals surface area contributed by atoms with Gasteiger partial charge in [0.15, 0.2) is 5.82 Å². The molecule has 4 aromatic rings. The quantitative estimate of drug-likeness (QED) is 0.341. The summed E-state index contributed by atoms with van der Waals surface area (Å²) in [5, 5.41) is 14.9. The Hall–Kier alpha value is -5.01. The summed E-state index contributed by atoms with van der Waals surface area (Å²) in [6.07, 6.45) is 4.73. The predicted molar refractivity (Wildman–Crippen MR) is 144 cm³/mol. The molecule has 0 aliphatic carbocycles. The zero-order chi connectivity index (χ0) is 27.3. The van der Waals surface area contributed by atoms with Gasteiger partial charge in [-0.05, 0) is 68.8 Å². The lowest BCUT2D eigenvalue weighted by molar-refractivity contribution is -0.114. The smallest absolute Gasteiger partial charge is 0.255 e. The molecule has 0 radical (unpaired) electrons. The fourth-order valence-corrected chi connectivity index (χ4v) is 3.63. The van der Waals surface area contributed by atoms with Crippen LogP contribution in [-0.4, -0.2) is 38.3 Å². The fourth-order valence-electron chi connectivity index (χ4n) is 3.63. The number of amides is 2. The van der Waals surface area contributed by atoms with Gasteiger partial charge in [-0.1, -0.05) is 6.07 Å². The highest BCUT2D eigenvalue weighted by Gasteiger charge is 2.22. The van der Waals surface area contributed by atoms with Crippen LogP contribution in [0.3, 0.4) is 0 Å². The Labute approximate surface area is 220 Å². The van der Waals surface area contributed by atoms with Crippen LogP contribution in [0.25, 0.3) is 22.6 Å². The standard InChI is InChI=1S/C28H26N8O2/c1-17-4-5-20(34-27(38)19-7-9-31-23(12-19)28(2,3)16-30)14-21(17)22-8-11-33-26(35-22)18-6-10-32-24(13-18)36-25(37)15-29/h4-14H,15,29H2,1-3H3,(H,34,38)(H,32,36,37). The number of rotatable bonds is 7. The monoisotopic (exact) mass is 506 g/mol. The van der Waals surface area contributed by atoms with Gasteiger partial charge >= 0.3 is 0 Å². The van der Waals surface area contributed by atoms with Crippen LogP contribution in [0.1, 0.15) is 35.5 Å². The number of nitriles is 1. The molecule has 0 bridgehead atoms. The van der Waals surface area contributed by atoms with Crippen molar-refractivity contribution in [2.24, 2.45) is 5.73 Å². The van der Waals surface area contributed by atoms with Crippen molar-refractivity contribution in [3.63, 3.8) is 0 Å². The van der Waals surface area contributed by atoms with Crippen molar-refractivity contribution in [2.45, 2.75) is 26.2 Å². The summed E-state index contributed by atoms with van der Waals surface area (Å²) in [7, 11) is 0. The average Bonchev–Trinajstić information content (AvgIpc) is 2.94. The third-order valence-electron chi connectivity index (χ3n) is 5.84. The Morgan fingerprint density at radius 3 is 2.50 bits per heavy atom. The van der Waals surface area contributed by atoms with Gasteiger partial charge in [-0.2, -0.15) is 5.26 Å². The van der Waals surface area contributed by atoms with Crippen molar-refractivity contribution in [3.05, 3.63) is 83.9 Å². The summed E-state index contributed by atoms with van der Waals surface area (Å²) in [5.41, 5.74) is 9.17. The number of hydrogen-bond donors (Lipinski definition) is 3. The summed E-state index contributed by atoms with van der Waals surface area (Å²) in [4.78, 5) is 42.1. The van der Waals surface area contributed by atoms with E-state index in [0.29, 0.717) is 39.8 Å². The van der Waals surface area contributed by atoms with Gasteiger partial charge in [0.05, 0.1) is 29.4 Å². The number of anilines is 2. The second-order valence-corrected chi connectivity index (χ2v) is 9.10. The van der Waals surface area contributed by atoms with Gasteiger partial charge in [0.25, 0.3) is 5.91 Å². The molecule has 0 aliphatic heterocycles. The number of carbonyl (C=O) groups excluding carboxylic acids is 2. The minimum absolute atomic E-state index is 0.149. The van der Waals surface area contributed by atoms with Crippen molar-refractivity contribution in [1.29, 1.82) is 5.26 Å². The highest BCUT2D eigenvalue weighted by molar-refractivity contribution is 6.04. The Bertz CT molecular complexity index is 1560. The van der Waals surface area contributed by atoms with E-state index in [-0.39, 0.29) is 18.4 Å². The largest absolute Gasteiger partial charge is 0.322 e. The fraction of sp³-hybridized carbons (Fsp3) is 0.179. The summed E-state index contributed by atoms with van der Waals surface area (Å²) in [6, 6.07) is 16.2. The number of nitrogens with two attached hydrogens (primary N) is 1. The van der Waals surface area contributed by atoms with Crippen molar-refractivity contribution in [3.8, 4) is 28.7 Å². The van der Waals surface area contributed by atoms with Crippen LogP contribution in [0.4, 0.5) is 11.5 Å². The molecule has 0 unspecified atom stereocenters. The number of aromatic nitrogens is 4. The van der Waals surface area contributed by atoms with E-state index in [4.69, 9.17) is 10.7 Å². The van der Waals surface area contributed by atoms with Crippen LogP contribution in [0, 0.1) is 18.3 Å². The van der Waals surface area contributed by atoms with Gasteiger partial charge in [0.2, 0.25) is 5.91 Å². The molecule has 38 heavy (non-hydrogen) atoms. The minimum atomic E-state index is -0.816. The topological polar surface area (TPSA) is 160 Å². The molecule has 3 aromatic heterocycles. The van der Waals surface area contributed by atoms with Crippen molar-refractivity contribution in [2.75, 3.05) is 17.2 Å². The molecular formula is C28H26N8O2. The van der Waals surface area contributed by atoms with Gasteiger partial charge in [-0.3, -0.25) is 14.6 Å². The predicted octanol–water partition coefficient (Wildman–Crippen LogP) is 3.86. The van der Waals surface area contributed by atoms with Crippen LogP contribution in [0.15, 0.2) is 67.1 Å². The molecular weight excluding hydrogens is 480 g/mol. The molecule has 190 valence electrons. The van der Waals surface area contributed by atoms with Gasteiger partial charge in [0, 0.05) is 41.0 Å². The van der Waals surface area contributed by atoms with E-state index in [1.54, 1.807) is 56.6 Å². The first-order valence-corrected chi connectivity index (χ1v) is 11.8. The van der Waals surface area contributed by atoms with Crippen LogP contribution < -0.4 is 16.4 Å². The number of benzene rings is 1. The van der Waals surface area contributed by atoms with Gasteiger partial charge < -0.3 is 16.4 Å². The molecule has 0 saturated heterocycles. The highest BCUT2D eigenvalue weighted by Crippen LogP contribution is 2.28. The summed E-state index contributed by atoms with van der Waals surface area (Å²) in [6.45, 7) is 5.31. The van der Waals surface area contributed by atoms with Gasteiger partial charge in [-0.25, -0.2) is 15.0 Å². The molecule has 4 N–H and O–H groups in total. The zero-order valence-electron chi connectivity index (χ0n) is 21.2. The van der Waals surface area contributed by atoms with E-state index in [9.17, 15) is 14.9 Å². The minimum Gasteiger partial charge on any atom is -0.322 e. The van der Waals surface area contributed by atoms with Crippen molar-refractivity contribution >= 4 is 23.3 Å². The van der Waals surface area contributed by atoms with Crippen LogP contribution in [0.2, 0.25) is 0 Å². The molecule has 1 aromatic carbocycles. The SMILES string of the molecule is Cc1ccc(NC(=O)c2ccnc(C(C)(C)C#N)c2)cc1-c1ccnc(-c2ccnc(NC(=O)CN)c2)n1. The van der Waals surface area contributed by atoms with E-state index in [1.807, 2.05) is 25.1 Å². The van der Waals surface area contributed by atoms with Crippen LogP contribution in [0.5, 0.6) is 0 Å².